The topological polar surface area (TPSA) is 91.0 Å². The van der Waals surface area contributed by atoms with Crippen LogP contribution in [0.3, 0.4) is 0 Å². The number of ether oxygens (including phenoxy) is 1. The van der Waals surface area contributed by atoms with Crippen molar-refractivity contribution in [3.8, 4) is 5.75 Å². The summed E-state index contributed by atoms with van der Waals surface area (Å²) >= 11 is 5.89. The van der Waals surface area contributed by atoms with Crippen LogP contribution in [0.1, 0.15) is 31.4 Å². The minimum atomic E-state index is -0.437. The summed E-state index contributed by atoms with van der Waals surface area (Å²) in [6, 6.07) is 13.6. The largest absolute Gasteiger partial charge is 0.497 e. The molecule has 8 nitrogen and oxygen atoms in total. The summed E-state index contributed by atoms with van der Waals surface area (Å²) in [6.45, 7) is 3.40. The zero-order valence-electron chi connectivity index (χ0n) is 18.8. The molecular formula is C24H29ClN4O4. The number of anilines is 1. The standard InChI is InChI=1S/C24H29ClN4O4/c1-17(30)26-22(18-4-10-21(33-2)11-5-18)16-23(31)28-12-3-13-29(15-14-28)24(32)27-20-8-6-19(25)7-9-20/h4-11,22H,3,12-16H2,1-2H3,(H,26,30)(H,27,32). The monoisotopic (exact) mass is 472 g/mol. The molecule has 2 N–H and O–H groups in total. The van der Waals surface area contributed by atoms with Crippen LogP contribution in [0.2, 0.25) is 5.02 Å². The highest BCUT2D eigenvalue weighted by atomic mass is 35.5. The number of hydrogen-bond donors (Lipinski definition) is 2. The first-order valence-electron chi connectivity index (χ1n) is 10.9. The van der Waals surface area contributed by atoms with E-state index in [1.54, 1.807) is 53.3 Å². The number of carbonyl (C=O) groups excluding carboxylic acids is 3. The molecule has 1 unspecified atom stereocenters. The van der Waals surface area contributed by atoms with Gasteiger partial charge in [0.25, 0.3) is 0 Å². The summed E-state index contributed by atoms with van der Waals surface area (Å²) < 4.78 is 5.19. The smallest absolute Gasteiger partial charge is 0.321 e. The Labute approximate surface area is 198 Å². The number of hydrogen-bond acceptors (Lipinski definition) is 4. The molecule has 176 valence electrons. The van der Waals surface area contributed by atoms with E-state index in [2.05, 4.69) is 10.6 Å². The summed E-state index contributed by atoms with van der Waals surface area (Å²) in [5, 5.41) is 6.33. The van der Waals surface area contributed by atoms with Gasteiger partial charge in [0, 0.05) is 43.8 Å². The molecule has 0 saturated carbocycles. The lowest BCUT2D eigenvalue weighted by molar-refractivity contribution is -0.131. The zero-order valence-corrected chi connectivity index (χ0v) is 19.6. The van der Waals surface area contributed by atoms with Crippen molar-refractivity contribution in [2.45, 2.75) is 25.8 Å². The van der Waals surface area contributed by atoms with Crippen LogP contribution in [-0.2, 0) is 9.59 Å². The lowest BCUT2D eigenvalue weighted by Gasteiger charge is -2.25. The number of nitrogens with one attached hydrogen (secondary N) is 2. The normalized spacial score (nSPS) is 14.8. The summed E-state index contributed by atoms with van der Waals surface area (Å²) in [4.78, 5) is 40.9. The fourth-order valence-corrected chi connectivity index (χ4v) is 3.87. The highest BCUT2D eigenvalue weighted by Crippen LogP contribution is 2.22. The first kappa shape index (κ1) is 24.4. The maximum absolute atomic E-state index is 13.1. The van der Waals surface area contributed by atoms with Gasteiger partial charge in [-0.3, -0.25) is 9.59 Å². The highest BCUT2D eigenvalue weighted by Gasteiger charge is 2.25. The molecule has 0 spiro atoms. The van der Waals surface area contributed by atoms with E-state index in [-0.39, 0.29) is 24.3 Å². The maximum atomic E-state index is 13.1. The molecule has 1 fully saturated rings. The SMILES string of the molecule is COc1ccc(C(CC(=O)N2CCCN(C(=O)Nc3ccc(Cl)cc3)CC2)NC(C)=O)cc1. The third-order valence-electron chi connectivity index (χ3n) is 5.51. The Hall–Kier alpha value is -3.26. The van der Waals surface area contributed by atoms with E-state index in [0.29, 0.717) is 49.1 Å². The van der Waals surface area contributed by atoms with Gasteiger partial charge < -0.3 is 25.2 Å². The number of nitrogens with zero attached hydrogens (tertiary/aromatic N) is 2. The van der Waals surface area contributed by atoms with Crippen molar-refractivity contribution in [2.24, 2.45) is 0 Å². The number of amides is 4. The third-order valence-corrected chi connectivity index (χ3v) is 5.76. The summed E-state index contributed by atoms with van der Waals surface area (Å²) in [6.07, 6.45) is 0.815. The van der Waals surface area contributed by atoms with Crippen molar-refractivity contribution < 1.29 is 19.1 Å². The Morgan fingerprint density at radius 3 is 2.24 bits per heavy atom. The van der Waals surface area contributed by atoms with Gasteiger partial charge >= 0.3 is 6.03 Å². The molecular weight excluding hydrogens is 444 g/mol. The Bertz CT molecular complexity index is 965. The molecule has 1 heterocycles. The van der Waals surface area contributed by atoms with Gasteiger partial charge in [-0.1, -0.05) is 23.7 Å². The van der Waals surface area contributed by atoms with Gasteiger partial charge in [-0.25, -0.2) is 4.79 Å². The fourth-order valence-electron chi connectivity index (χ4n) is 3.74. The number of benzene rings is 2. The Balaban J connectivity index is 1.59. The number of methoxy groups -OCH3 is 1. The van der Waals surface area contributed by atoms with E-state index in [9.17, 15) is 14.4 Å². The van der Waals surface area contributed by atoms with Crippen molar-refractivity contribution >= 4 is 35.1 Å². The van der Waals surface area contributed by atoms with E-state index < -0.39 is 6.04 Å². The molecule has 1 aliphatic heterocycles. The predicted molar refractivity (Wildman–Crippen MR) is 127 cm³/mol. The van der Waals surface area contributed by atoms with Crippen LogP contribution in [0.5, 0.6) is 5.75 Å². The fraction of sp³-hybridized carbons (Fsp3) is 0.375. The van der Waals surface area contributed by atoms with Gasteiger partial charge in [0.05, 0.1) is 19.6 Å². The van der Waals surface area contributed by atoms with Gasteiger partial charge in [0.2, 0.25) is 11.8 Å². The Morgan fingerprint density at radius 2 is 1.61 bits per heavy atom. The van der Waals surface area contributed by atoms with Crippen molar-refractivity contribution in [1.29, 1.82) is 0 Å². The summed E-state index contributed by atoms with van der Waals surface area (Å²) in [7, 11) is 1.59. The van der Waals surface area contributed by atoms with Gasteiger partial charge in [0.15, 0.2) is 0 Å². The molecule has 0 aliphatic carbocycles. The molecule has 3 rings (SSSR count). The second kappa shape index (κ2) is 11.6. The van der Waals surface area contributed by atoms with Crippen LogP contribution in [0, 0.1) is 0 Å². The van der Waals surface area contributed by atoms with Crippen LogP contribution in [0.15, 0.2) is 48.5 Å². The van der Waals surface area contributed by atoms with Gasteiger partial charge in [-0.2, -0.15) is 0 Å². The number of halogens is 1. The van der Waals surface area contributed by atoms with Crippen LogP contribution in [0.25, 0.3) is 0 Å². The van der Waals surface area contributed by atoms with Crippen molar-refractivity contribution in [1.82, 2.24) is 15.1 Å². The van der Waals surface area contributed by atoms with Crippen LogP contribution < -0.4 is 15.4 Å². The molecule has 1 atom stereocenters. The summed E-state index contributed by atoms with van der Waals surface area (Å²) in [5.74, 6) is 0.435. The first-order valence-corrected chi connectivity index (χ1v) is 11.2. The Kier molecular flexibility index (Phi) is 8.54. The van der Waals surface area contributed by atoms with E-state index in [4.69, 9.17) is 16.3 Å². The molecule has 2 aromatic carbocycles. The number of rotatable bonds is 6. The minimum absolute atomic E-state index is 0.0653. The maximum Gasteiger partial charge on any atom is 0.321 e. The minimum Gasteiger partial charge on any atom is -0.497 e. The second-order valence-electron chi connectivity index (χ2n) is 7.89. The zero-order chi connectivity index (χ0) is 23.8. The van der Waals surface area contributed by atoms with Crippen LogP contribution in [0.4, 0.5) is 10.5 Å². The van der Waals surface area contributed by atoms with Gasteiger partial charge in [0.1, 0.15) is 5.75 Å². The van der Waals surface area contributed by atoms with Crippen molar-refractivity contribution in [3.05, 3.63) is 59.1 Å². The molecule has 1 saturated heterocycles. The van der Waals surface area contributed by atoms with Gasteiger partial charge in [-0.15, -0.1) is 0 Å². The molecule has 9 heteroatoms. The lowest BCUT2D eigenvalue weighted by atomic mass is 10.0. The van der Waals surface area contributed by atoms with E-state index in [0.717, 1.165) is 5.56 Å². The molecule has 0 bridgehead atoms. The van der Waals surface area contributed by atoms with E-state index in [1.165, 1.54) is 6.92 Å². The molecule has 1 aliphatic rings. The van der Waals surface area contributed by atoms with Crippen LogP contribution >= 0.6 is 11.6 Å². The molecule has 33 heavy (non-hydrogen) atoms. The predicted octanol–water partition coefficient (Wildman–Crippen LogP) is 3.68. The van der Waals surface area contributed by atoms with E-state index in [1.807, 2.05) is 12.1 Å². The van der Waals surface area contributed by atoms with Gasteiger partial charge in [-0.05, 0) is 48.4 Å². The van der Waals surface area contributed by atoms with E-state index >= 15 is 0 Å². The average molecular weight is 473 g/mol. The quantitative estimate of drug-likeness (QED) is 0.671. The molecule has 4 amide bonds. The average Bonchev–Trinajstić information content (AvgIpc) is 3.06. The number of carbonyl (C=O) groups is 3. The highest BCUT2D eigenvalue weighted by molar-refractivity contribution is 6.30. The third kappa shape index (κ3) is 7.12. The Morgan fingerprint density at radius 1 is 0.970 bits per heavy atom. The molecule has 0 aromatic heterocycles. The van der Waals surface area contributed by atoms with Crippen molar-refractivity contribution in [3.63, 3.8) is 0 Å². The first-order chi connectivity index (χ1) is 15.9. The molecule has 2 aromatic rings. The lowest BCUT2D eigenvalue weighted by Crippen LogP contribution is -2.40. The van der Waals surface area contributed by atoms with Crippen molar-refractivity contribution in [2.75, 3.05) is 38.6 Å². The summed E-state index contributed by atoms with van der Waals surface area (Å²) in [5.41, 5.74) is 1.50. The molecule has 0 radical (unpaired) electrons. The van der Waals surface area contributed by atoms with Crippen LogP contribution in [-0.4, -0.2) is 60.9 Å². The number of urea groups is 1. The second-order valence-corrected chi connectivity index (χ2v) is 8.33.